The van der Waals surface area contributed by atoms with Gasteiger partial charge in [0.15, 0.2) is 0 Å². The maximum Gasteiger partial charge on any atom is 0.253 e. The highest BCUT2D eigenvalue weighted by Crippen LogP contribution is 2.26. The van der Waals surface area contributed by atoms with E-state index < -0.39 is 6.04 Å². The van der Waals surface area contributed by atoms with Gasteiger partial charge in [0.25, 0.3) is 5.91 Å². The second-order valence-corrected chi connectivity index (χ2v) is 7.06. The number of aryl methyl sites for hydroxylation is 1. The van der Waals surface area contributed by atoms with Crippen LogP contribution in [0.5, 0.6) is 0 Å². The van der Waals surface area contributed by atoms with Gasteiger partial charge in [-0.15, -0.1) is 11.8 Å². The summed E-state index contributed by atoms with van der Waals surface area (Å²) in [6.07, 6.45) is 1.30. The van der Waals surface area contributed by atoms with Crippen molar-refractivity contribution in [1.29, 1.82) is 0 Å². The first-order chi connectivity index (χ1) is 11.1. The zero-order valence-electron chi connectivity index (χ0n) is 13.5. The van der Waals surface area contributed by atoms with E-state index in [0.717, 1.165) is 29.7 Å². The van der Waals surface area contributed by atoms with Crippen LogP contribution in [0.15, 0.2) is 18.2 Å². The highest BCUT2D eigenvalue weighted by molar-refractivity contribution is 7.99. The molecule has 2 atom stereocenters. The van der Waals surface area contributed by atoms with E-state index in [0.29, 0.717) is 18.2 Å². The van der Waals surface area contributed by atoms with E-state index in [9.17, 15) is 9.59 Å². The summed E-state index contributed by atoms with van der Waals surface area (Å²) >= 11 is 1.61. The summed E-state index contributed by atoms with van der Waals surface area (Å²) < 4.78 is 5.48. The Labute approximate surface area is 140 Å². The molecular formula is C17H22N2O3S. The van der Waals surface area contributed by atoms with Gasteiger partial charge in [-0.2, -0.15) is 0 Å². The second-order valence-electron chi connectivity index (χ2n) is 6.06. The average molecular weight is 334 g/mol. The monoisotopic (exact) mass is 334 g/mol. The third-order valence-electron chi connectivity index (χ3n) is 4.54. The lowest BCUT2D eigenvalue weighted by molar-refractivity contribution is -0.144. The van der Waals surface area contributed by atoms with Gasteiger partial charge in [-0.25, -0.2) is 0 Å². The smallest absolute Gasteiger partial charge is 0.253 e. The van der Waals surface area contributed by atoms with Crippen molar-refractivity contribution in [2.75, 3.05) is 23.6 Å². The summed E-state index contributed by atoms with van der Waals surface area (Å²) in [4.78, 5) is 26.9. The number of anilines is 1. The lowest BCUT2D eigenvalue weighted by Crippen LogP contribution is -2.48. The Bertz CT molecular complexity index is 614. The van der Waals surface area contributed by atoms with Gasteiger partial charge < -0.3 is 15.0 Å². The fourth-order valence-corrected chi connectivity index (χ4v) is 4.10. The normalized spacial score (nSPS) is 24.0. The van der Waals surface area contributed by atoms with Crippen LogP contribution in [0.2, 0.25) is 0 Å². The predicted octanol–water partition coefficient (Wildman–Crippen LogP) is 2.32. The molecule has 0 bridgehead atoms. The largest absolute Gasteiger partial charge is 0.368 e. The average Bonchev–Trinajstić information content (AvgIpc) is 3.21. The number of carbonyl (C=O) groups is 2. The van der Waals surface area contributed by atoms with E-state index in [4.69, 9.17) is 4.74 Å². The molecule has 2 amide bonds. The number of ether oxygens (including phenoxy) is 1. The first kappa shape index (κ1) is 16.3. The summed E-state index contributed by atoms with van der Waals surface area (Å²) in [5, 5.41) is 2.98. The molecule has 1 aromatic rings. The third-order valence-corrected chi connectivity index (χ3v) is 5.55. The number of rotatable bonds is 3. The maximum atomic E-state index is 12.6. The van der Waals surface area contributed by atoms with E-state index in [1.54, 1.807) is 16.7 Å². The molecule has 2 saturated heterocycles. The summed E-state index contributed by atoms with van der Waals surface area (Å²) in [6.45, 7) is 4.64. The van der Waals surface area contributed by atoms with Gasteiger partial charge in [0.2, 0.25) is 5.91 Å². The fourth-order valence-electron chi connectivity index (χ4n) is 2.94. The Hall–Kier alpha value is -1.53. The number of hydrogen-bond acceptors (Lipinski definition) is 4. The predicted molar refractivity (Wildman–Crippen MR) is 91.5 cm³/mol. The van der Waals surface area contributed by atoms with Crippen molar-refractivity contribution in [2.45, 2.75) is 38.8 Å². The van der Waals surface area contributed by atoms with Crippen molar-refractivity contribution in [3.8, 4) is 0 Å². The number of nitrogens with zero attached hydrogens (tertiary/aromatic N) is 1. The van der Waals surface area contributed by atoms with Crippen LogP contribution in [0.1, 0.15) is 24.0 Å². The lowest BCUT2D eigenvalue weighted by atomic mass is 10.1. The topological polar surface area (TPSA) is 58.6 Å². The Kier molecular flexibility index (Phi) is 4.92. The Morgan fingerprint density at radius 2 is 2.17 bits per heavy atom. The molecule has 1 N–H and O–H groups in total. The van der Waals surface area contributed by atoms with Crippen LogP contribution in [-0.2, 0) is 14.3 Å². The molecule has 23 heavy (non-hydrogen) atoms. The van der Waals surface area contributed by atoms with Crippen molar-refractivity contribution in [3.63, 3.8) is 0 Å². The fraction of sp³-hybridized carbons (Fsp3) is 0.529. The minimum Gasteiger partial charge on any atom is -0.368 e. The van der Waals surface area contributed by atoms with Crippen LogP contribution in [0.3, 0.4) is 0 Å². The molecule has 0 aromatic heterocycles. The summed E-state index contributed by atoms with van der Waals surface area (Å²) in [7, 11) is 0. The van der Waals surface area contributed by atoms with Crippen LogP contribution in [0.4, 0.5) is 5.69 Å². The van der Waals surface area contributed by atoms with Gasteiger partial charge in [0.05, 0.1) is 5.88 Å². The zero-order chi connectivity index (χ0) is 16.4. The minimum atomic E-state index is -0.420. The van der Waals surface area contributed by atoms with Crippen molar-refractivity contribution >= 4 is 29.3 Å². The molecule has 0 aliphatic carbocycles. The second kappa shape index (κ2) is 6.93. The minimum absolute atomic E-state index is 0.0476. The molecule has 6 heteroatoms. The van der Waals surface area contributed by atoms with E-state index in [1.807, 2.05) is 32.0 Å². The number of thioether (sulfide) groups is 1. The van der Waals surface area contributed by atoms with Gasteiger partial charge in [-0.3, -0.25) is 9.59 Å². The molecule has 5 nitrogen and oxygen atoms in total. The van der Waals surface area contributed by atoms with Crippen molar-refractivity contribution in [2.24, 2.45) is 0 Å². The van der Waals surface area contributed by atoms with Gasteiger partial charge >= 0.3 is 0 Å². The summed E-state index contributed by atoms with van der Waals surface area (Å²) in [5.74, 6) is 1.03. The van der Waals surface area contributed by atoms with E-state index in [2.05, 4.69) is 5.32 Å². The number of hydrogen-bond donors (Lipinski definition) is 1. The van der Waals surface area contributed by atoms with Gasteiger partial charge in [0.1, 0.15) is 12.1 Å². The molecule has 2 unspecified atom stereocenters. The quantitative estimate of drug-likeness (QED) is 0.922. The molecule has 2 heterocycles. The molecule has 2 fully saturated rings. The molecular weight excluding hydrogens is 312 g/mol. The zero-order valence-corrected chi connectivity index (χ0v) is 14.3. The lowest BCUT2D eigenvalue weighted by Gasteiger charge is -2.25. The van der Waals surface area contributed by atoms with Crippen LogP contribution in [0, 0.1) is 13.8 Å². The Morgan fingerprint density at radius 3 is 2.91 bits per heavy atom. The highest BCUT2D eigenvalue weighted by atomic mass is 32.2. The summed E-state index contributed by atoms with van der Waals surface area (Å²) in [6, 6.07) is 5.42. The van der Waals surface area contributed by atoms with Crippen LogP contribution < -0.4 is 5.32 Å². The maximum absolute atomic E-state index is 12.6. The molecule has 3 rings (SSSR count). The molecule has 2 aliphatic rings. The van der Waals surface area contributed by atoms with Crippen LogP contribution in [-0.4, -0.2) is 47.1 Å². The van der Waals surface area contributed by atoms with Crippen LogP contribution in [0.25, 0.3) is 0 Å². The van der Waals surface area contributed by atoms with Crippen LogP contribution >= 0.6 is 11.8 Å². The summed E-state index contributed by atoms with van der Waals surface area (Å²) in [5.41, 5.74) is 3.01. The SMILES string of the molecule is Cc1cccc(NC(=O)C2CSCN2C(=O)C2CCCO2)c1C. The Balaban J connectivity index is 1.70. The molecule has 2 aliphatic heterocycles. The number of amides is 2. The highest BCUT2D eigenvalue weighted by Gasteiger charge is 2.39. The van der Waals surface area contributed by atoms with Crippen molar-refractivity contribution in [3.05, 3.63) is 29.3 Å². The number of benzene rings is 1. The van der Waals surface area contributed by atoms with E-state index >= 15 is 0 Å². The number of nitrogens with one attached hydrogen (secondary N) is 1. The standard InChI is InChI=1S/C17H22N2O3S/c1-11-5-3-6-13(12(11)2)18-16(20)14-9-23-10-19(14)17(21)15-7-4-8-22-15/h3,5-6,14-15H,4,7-10H2,1-2H3,(H,18,20). The Morgan fingerprint density at radius 1 is 1.35 bits per heavy atom. The molecule has 0 spiro atoms. The van der Waals surface area contributed by atoms with E-state index in [1.165, 1.54) is 0 Å². The van der Waals surface area contributed by atoms with E-state index in [-0.39, 0.29) is 17.9 Å². The third kappa shape index (κ3) is 3.38. The first-order valence-electron chi connectivity index (χ1n) is 7.95. The van der Waals surface area contributed by atoms with Crippen molar-refractivity contribution < 1.29 is 14.3 Å². The van der Waals surface area contributed by atoms with Crippen molar-refractivity contribution in [1.82, 2.24) is 4.90 Å². The molecule has 124 valence electrons. The first-order valence-corrected chi connectivity index (χ1v) is 9.10. The van der Waals surface area contributed by atoms with Gasteiger partial charge in [-0.1, -0.05) is 12.1 Å². The van der Waals surface area contributed by atoms with Gasteiger partial charge in [-0.05, 0) is 43.9 Å². The molecule has 0 radical (unpaired) electrons. The molecule has 0 saturated carbocycles. The van der Waals surface area contributed by atoms with Gasteiger partial charge in [0, 0.05) is 18.0 Å². The molecule has 1 aromatic carbocycles. The number of carbonyl (C=O) groups excluding carboxylic acids is 2.